The molecule has 7 heteroatoms. The van der Waals surface area contributed by atoms with Crippen LogP contribution in [0.25, 0.3) is 0 Å². The maximum Gasteiger partial charge on any atom is 0.253 e. The summed E-state index contributed by atoms with van der Waals surface area (Å²) in [6, 6.07) is 9.21. The van der Waals surface area contributed by atoms with Crippen LogP contribution in [0.3, 0.4) is 0 Å². The highest BCUT2D eigenvalue weighted by atomic mass is 16.5. The van der Waals surface area contributed by atoms with Gasteiger partial charge in [-0.3, -0.25) is 9.59 Å². The molecule has 0 bridgehead atoms. The summed E-state index contributed by atoms with van der Waals surface area (Å²) in [5.74, 6) is 2.00. The second-order valence-corrected chi connectivity index (χ2v) is 5.71. The number of nitrogens with one attached hydrogen (secondary N) is 2. The van der Waals surface area contributed by atoms with Crippen LogP contribution in [-0.2, 0) is 13.0 Å². The van der Waals surface area contributed by atoms with Gasteiger partial charge >= 0.3 is 0 Å². The molecule has 0 saturated carbocycles. The molecule has 3 rings (SSSR count). The van der Waals surface area contributed by atoms with Gasteiger partial charge in [0.1, 0.15) is 17.1 Å². The van der Waals surface area contributed by atoms with E-state index in [1.165, 1.54) is 0 Å². The maximum atomic E-state index is 11.8. The second-order valence-electron chi connectivity index (χ2n) is 5.71. The molecule has 2 aromatic carbocycles. The highest BCUT2D eigenvalue weighted by molar-refractivity contribution is 5.73. The van der Waals surface area contributed by atoms with E-state index in [2.05, 4.69) is 10.6 Å². The lowest BCUT2D eigenvalue weighted by Gasteiger charge is -2.14. The summed E-state index contributed by atoms with van der Waals surface area (Å²) in [5.41, 5.74) is 0.643. The molecule has 7 nitrogen and oxygen atoms in total. The lowest BCUT2D eigenvalue weighted by atomic mass is 10.1. The number of ether oxygens (including phenoxy) is 2. The summed E-state index contributed by atoms with van der Waals surface area (Å²) in [6.07, 6.45) is 2.22. The fraction of sp³-hybridized carbons (Fsp3) is 0.263. The molecule has 0 radical (unpaired) electrons. The molecule has 0 aliphatic carbocycles. The van der Waals surface area contributed by atoms with E-state index in [4.69, 9.17) is 13.9 Å². The van der Waals surface area contributed by atoms with Crippen molar-refractivity contribution < 1.29 is 13.9 Å². The van der Waals surface area contributed by atoms with Crippen LogP contribution in [0.5, 0.6) is 11.5 Å². The van der Waals surface area contributed by atoms with Crippen molar-refractivity contribution in [2.75, 3.05) is 31.4 Å². The van der Waals surface area contributed by atoms with Gasteiger partial charge < -0.3 is 24.5 Å². The number of hydrogen-bond donors (Lipinski definition) is 2. The predicted molar refractivity (Wildman–Crippen MR) is 99.1 cm³/mol. The summed E-state index contributed by atoms with van der Waals surface area (Å²) in [5, 5.41) is 5.99. The van der Waals surface area contributed by atoms with Crippen molar-refractivity contribution in [2.45, 2.75) is 13.0 Å². The molecule has 1 aromatic heterocycles. The molecule has 0 aliphatic heterocycles. The number of anilines is 2. The van der Waals surface area contributed by atoms with E-state index in [1.54, 1.807) is 32.6 Å². The first-order valence-electron chi connectivity index (χ1n) is 8.18. The van der Waals surface area contributed by atoms with E-state index in [1.807, 2.05) is 18.2 Å². The van der Waals surface area contributed by atoms with Crippen molar-refractivity contribution in [3.8, 4) is 11.5 Å². The van der Waals surface area contributed by atoms with Crippen LogP contribution in [0.2, 0.25) is 0 Å². The Bertz CT molecular complexity index is 940. The van der Waals surface area contributed by atoms with Crippen LogP contribution in [0.15, 0.2) is 50.6 Å². The van der Waals surface area contributed by atoms with Gasteiger partial charge in [0, 0.05) is 6.54 Å². The van der Waals surface area contributed by atoms with Gasteiger partial charge in [0.25, 0.3) is 10.9 Å². The first-order valence-corrected chi connectivity index (χ1v) is 8.18. The molecule has 2 N–H and O–H groups in total. The Hall–Kier alpha value is -3.22. The quantitative estimate of drug-likeness (QED) is 0.568. The highest BCUT2D eigenvalue weighted by Gasteiger charge is 2.20. The number of furan rings is 1. The fourth-order valence-corrected chi connectivity index (χ4v) is 2.69. The monoisotopic (exact) mass is 356 g/mol. The maximum absolute atomic E-state index is 11.8. The Morgan fingerprint density at radius 2 is 1.69 bits per heavy atom. The Morgan fingerprint density at radius 3 is 2.35 bits per heavy atom. The van der Waals surface area contributed by atoms with Gasteiger partial charge in [-0.1, -0.05) is 6.07 Å². The van der Waals surface area contributed by atoms with Crippen LogP contribution in [-0.4, -0.2) is 20.8 Å². The van der Waals surface area contributed by atoms with Gasteiger partial charge in [0.15, 0.2) is 11.5 Å². The average Bonchev–Trinajstić information content (AvgIpc) is 3.19. The molecule has 1 heterocycles. The van der Waals surface area contributed by atoms with Gasteiger partial charge in [-0.25, -0.2) is 0 Å². The summed E-state index contributed by atoms with van der Waals surface area (Å²) >= 11 is 0. The first-order chi connectivity index (χ1) is 12.6. The van der Waals surface area contributed by atoms with E-state index < -0.39 is 10.9 Å². The molecule has 0 spiro atoms. The van der Waals surface area contributed by atoms with Crippen LogP contribution in [0, 0.1) is 0 Å². The van der Waals surface area contributed by atoms with Crippen LogP contribution >= 0.6 is 0 Å². The lowest BCUT2D eigenvalue weighted by molar-refractivity contribution is 0.354. The Kier molecular flexibility index (Phi) is 5.26. The smallest absolute Gasteiger partial charge is 0.253 e. The average molecular weight is 356 g/mol. The summed E-state index contributed by atoms with van der Waals surface area (Å²) in [6.45, 7) is 0.859. The van der Waals surface area contributed by atoms with Crippen LogP contribution in [0.1, 0.15) is 11.3 Å². The normalized spacial score (nSPS) is 10.7. The zero-order valence-corrected chi connectivity index (χ0v) is 14.6. The standard InChI is InChI=1S/C19H20N2O5/c1-24-14-6-5-12(10-15(14)25-2)7-8-20-16-17(19(23)18(16)22)21-11-13-4-3-9-26-13/h3-6,9-10,20-21H,7-8,11H2,1-2H3. The van der Waals surface area contributed by atoms with Gasteiger partial charge in [0.05, 0.1) is 27.0 Å². The van der Waals surface area contributed by atoms with Crippen LogP contribution in [0.4, 0.5) is 11.4 Å². The molecule has 26 heavy (non-hydrogen) atoms. The van der Waals surface area contributed by atoms with Gasteiger partial charge in [-0.2, -0.15) is 0 Å². The molecule has 0 atom stereocenters. The number of methoxy groups -OCH3 is 2. The van der Waals surface area contributed by atoms with Gasteiger partial charge in [-0.15, -0.1) is 0 Å². The minimum absolute atomic E-state index is 0.304. The summed E-state index contributed by atoms with van der Waals surface area (Å²) in [7, 11) is 3.17. The predicted octanol–water partition coefficient (Wildman–Crippen LogP) is 2.16. The minimum atomic E-state index is -0.509. The van der Waals surface area contributed by atoms with Crippen molar-refractivity contribution in [3.63, 3.8) is 0 Å². The molecule has 0 unspecified atom stereocenters. The number of rotatable bonds is 9. The molecule has 0 amide bonds. The van der Waals surface area contributed by atoms with Crippen molar-refractivity contribution >= 4 is 11.4 Å². The second kappa shape index (κ2) is 7.77. The van der Waals surface area contributed by atoms with E-state index in [0.717, 1.165) is 5.56 Å². The van der Waals surface area contributed by atoms with Crippen molar-refractivity contribution in [1.82, 2.24) is 0 Å². The van der Waals surface area contributed by atoms with E-state index in [0.29, 0.717) is 48.1 Å². The van der Waals surface area contributed by atoms with Gasteiger partial charge in [0.2, 0.25) is 0 Å². The molecule has 136 valence electrons. The van der Waals surface area contributed by atoms with E-state index in [-0.39, 0.29) is 0 Å². The minimum Gasteiger partial charge on any atom is -0.493 e. The SMILES string of the molecule is COc1ccc(CCNc2c(NCc3ccco3)c(=O)c2=O)cc1OC. The molecule has 3 aromatic rings. The third-order valence-corrected chi connectivity index (χ3v) is 4.09. The fourth-order valence-electron chi connectivity index (χ4n) is 2.69. The van der Waals surface area contributed by atoms with E-state index >= 15 is 0 Å². The summed E-state index contributed by atoms with van der Waals surface area (Å²) in [4.78, 5) is 23.5. The van der Waals surface area contributed by atoms with E-state index in [9.17, 15) is 9.59 Å². The zero-order chi connectivity index (χ0) is 18.5. The van der Waals surface area contributed by atoms with Crippen molar-refractivity contribution in [1.29, 1.82) is 0 Å². The zero-order valence-electron chi connectivity index (χ0n) is 14.6. The Labute approximate surface area is 150 Å². The number of hydrogen-bond acceptors (Lipinski definition) is 7. The van der Waals surface area contributed by atoms with Crippen molar-refractivity contribution in [2.24, 2.45) is 0 Å². The molecular weight excluding hydrogens is 336 g/mol. The van der Waals surface area contributed by atoms with Crippen LogP contribution < -0.4 is 31.0 Å². The third-order valence-electron chi connectivity index (χ3n) is 4.09. The molecule has 0 saturated heterocycles. The summed E-state index contributed by atoms with van der Waals surface area (Å²) < 4.78 is 15.7. The third kappa shape index (κ3) is 3.56. The largest absolute Gasteiger partial charge is 0.493 e. The van der Waals surface area contributed by atoms with Crippen molar-refractivity contribution in [3.05, 3.63) is 68.4 Å². The first kappa shape index (κ1) is 17.6. The number of benzene rings is 1. The molecule has 0 aliphatic rings. The topological polar surface area (TPSA) is 89.8 Å². The van der Waals surface area contributed by atoms with Gasteiger partial charge in [-0.05, 0) is 36.2 Å². The molecule has 0 fully saturated rings. The lowest BCUT2D eigenvalue weighted by Crippen LogP contribution is -2.37. The highest BCUT2D eigenvalue weighted by Crippen LogP contribution is 2.27. The Morgan fingerprint density at radius 1 is 0.962 bits per heavy atom. The Balaban J connectivity index is 1.59. The molecular formula is C19H20N2O5.